The number of hydrogen-bond acceptors (Lipinski definition) is 7. The highest BCUT2D eigenvalue weighted by Crippen LogP contribution is 2.27. The zero-order chi connectivity index (χ0) is 24.1. The van der Waals surface area contributed by atoms with E-state index in [9.17, 15) is 4.79 Å². The highest BCUT2D eigenvalue weighted by Gasteiger charge is 2.23. The molecule has 4 rings (SSSR count). The first-order valence-electron chi connectivity index (χ1n) is 11.4. The van der Waals surface area contributed by atoms with Crippen molar-refractivity contribution in [1.82, 2.24) is 19.7 Å². The standard InChI is InChI=1S/C25H32N6O2S/c1-19-5-9-22(10-6-19)31-24(30-13-15-33-16-14-30)26-27-25(31)34-18-23(32)29(4)17-20-7-11-21(12-8-20)28(2)3/h5-12H,13-18H2,1-4H3. The van der Waals surface area contributed by atoms with Gasteiger partial charge in [-0.25, -0.2) is 0 Å². The summed E-state index contributed by atoms with van der Waals surface area (Å²) in [6.07, 6.45) is 0. The minimum Gasteiger partial charge on any atom is -0.378 e. The van der Waals surface area contributed by atoms with E-state index >= 15 is 0 Å². The lowest BCUT2D eigenvalue weighted by Gasteiger charge is -2.28. The number of hydrogen-bond donors (Lipinski definition) is 0. The van der Waals surface area contributed by atoms with Crippen LogP contribution >= 0.6 is 11.8 Å². The Hall–Kier alpha value is -3.04. The first-order chi connectivity index (χ1) is 16.4. The minimum absolute atomic E-state index is 0.0491. The van der Waals surface area contributed by atoms with Gasteiger partial charge in [0.2, 0.25) is 11.9 Å². The van der Waals surface area contributed by atoms with Crippen molar-refractivity contribution in [3.05, 3.63) is 59.7 Å². The van der Waals surface area contributed by atoms with E-state index in [0.717, 1.165) is 36.0 Å². The summed E-state index contributed by atoms with van der Waals surface area (Å²) in [5.41, 5.74) is 4.42. The van der Waals surface area contributed by atoms with Crippen LogP contribution in [0.2, 0.25) is 0 Å². The lowest BCUT2D eigenvalue weighted by molar-refractivity contribution is -0.127. The fourth-order valence-electron chi connectivity index (χ4n) is 3.74. The molecule has 0 unspecified atom stereocenters. The van der Waals surface area contributed by atoms with Crippen molar-refractivity contribution in [2.24, 2.45) is 0 Å². The van der Waals surface area contributed by atoms with Crippen molar-refractivity contribution in [2.75, 3.05) is 63.0 Å². The summed E-state index contributed by atoms with van der Waals surface area (Å²) in [6.45, 7) is 5.50. The van der Waals surface area contributed by atoms with Crippen LogP contribution in [-0.4, -0.2) is 78.8 Å². The molecule has 34 heavy (non-hydrogen) atoms. The molecule has 1 amide bonds. The van der Waals surface area contributed by atoms with Crippen LogP contribution < -0.4 is 9.80 Å². The number of rotatable bonds is 8. The number of anilines is 2. The molecule has 3 aromatic rings. The topological polar surface area (TPSA) is 66.7 Å². The molecule has 0 spiro atoms. The molecule has 0 aliphatic carbocycles. The van der Waals surface area contributed by atoms with E-state index in [4.69, 9.17) is 4.74 Å². The maximum atomic E-state index is 12.9. The molecule has 1 aliphatic heterocycles. The van der Waals surface area contributed by atoms with E-state index in [1.807, 2.05) is 25.7 Å². The van der Waals surface area contributed by atoms with Crippen LogP contribution in [0.5, 0.6) is 0 Å². The Bertz CT molecular complexity index is 1090. The van der Waals surface area contributed by atoms with Crippen LogP contribution in [-0.2, 0) is 16.1 Å². The second-order valence-corrected chi connectivity index (χ2v) is 9.59. The van der Waals surface area contributed by atoms with E-state index in [1.165, 1.54) is 17.3 Å². The fourth-order valence-corrected chi connectivity index (χ4v) is 4.63. The van der Waals surface area contributed by atoms with E-state index in [0.29, 0.717) is 30.7 Å². The summed E-state index contributed by atoms with van der Waals surface area (Å²) in [6, 6.07) is 16.6. The largest absolute Gasteiger partial charge is 0.378 e. The molecular formula is C25H32N6O2S. The summed E-state index contributed by atoms with van der Waals surface area (Å²) in [5.74, 6) is 1.13. The highest BCUT2D eigenvalue weighted by atomic mass is 32.2. The third-order valence-electron chi connectivity index (χ3n) is 5.83. The maximum absolute atomic E-state index is 12.9. The minimum atomic E-state index is 0.0491. The molecule has 0 atom stereocenters. The molecule has 2 heterocycles. The van der Waals surface area contributed by atoms with Crippen molar-refractivity contribution >= 4 is 29.3 Å². The lowest BCUT2D eigenvalue weighted by atomic mass is 10.2. The van der Waals surface area contributed by atoms with Gasteiger partial charge in [-0.05, 0) is 36.8 Å². The second-order valence-electron chi connectivity index (χ2n) is 8.65. The molecule has 9 heteroatoms. The molecule has 0 bridgehead atoms. The summed E-state index contributed by atoms with van der Waals surface area (Å²) in [5, 5.41) is 9.65. The molecule has 1 aliphatic rings. The van der Waals surface area contributed by atoms with Crippen molar-refractivity contribution in [3.63, 3.8) is 0 Å². The smallest absolute Gasteiger partial charge is 0.233 e. The molecule has 180 valence electrons. The van der Waals surface area contributed by atoms with Crippen molar-refractivity contribution in [3.8, 4) is 5.69 Å². The summed E-state index contributed by atoms with van der Waals surface area (Å²) in [7, 11) is 5.87. The van der Waals surface area contributed by atoms with Gasteiger partial charge in [-0.3, -0.25) is 9.36 Å². The maximum Gasteiger partial charge on any atom is 0.233 e. The molecular weight excluding hydrogens is 448 g/mol. The van der Waals surface area contributed by atoms with E-state index < -0.39 is 0 Å². The Labute approximate surface area is 205 Å². The van der Waals surface area contributed by atoms with Gasteiger partial charge < -0.3 is 19.4 Å². The Morgan fingerprint density at radius 2 is 1.68 bits per heavy atom. The molecule has 1 aromatic heterocycles. The van der Waals surface area contributed by atoms with Crippen molar-refractivity contribution in [1.29, 1.82) is 0 Å². The second kappa shape index (κ2) is 10.9. The monoisotopic (exact) mass is 480 g/mol. The molecule has 1 fully saturated rings. The van der Waals surface area contributed by atoms with Crippen molar-refractivity contribution in [2.45, 2.75) is 18.6 Å². The fraction of sp³-hybridized carbons (Fsp3) is 0.400. The van der Waals surface area contributed by atoms with Gasteiger partial charge in [-0.2, -0.15) is 0 Å². The molecule has 2 aromatic carbocycles. The average molecular weight is 481 g/mol. The van der Waals surface area contributed by atoms with Gasteiger partial charge in [0.1, 0.15) is 0 Å². The number of amides is 1. The summed E-state index contributed by atoms with van der Waals surface area (Å²) in [4.78, 5) is 18.9. The average Bonchev–Trinajstić information content (AvgIpc) is 3.27. The first-order valence-corrected chi connectivity index (χ1v) is 12.4. The van der Waals surface area contributed by atoms with Gasteiger partial charge in [-0.15, -0.1) is 10.2 Å². The molecule has 8 nitrogen and oxygen atoms in total. The van der Waals surface area contributed by atoms with Crippen LogP contribution in [0.3, 0.4) is 0 Å². The molecule has 0 saturated carbocycles. The number of benzene rings is 2. The quantitative estimate of drug-likeness (QED) is 0.459. The van der Waals surface area contributed by atoms with Crippen LogP contribution in [0.15, 0.2) is 53.7 Å². The number of aromatic nitrogens is 3. The highest BCUT2D eigenvalue weighted by molar-refractivity contribution is 7.99. The Morgan fingerprint density at radius 1 is 1.00 bits per heavy atom. The van der Waals surface area contributed by atoms with Crippen LogP contribution in [0.1, 0.15) is 11.1 Å². The third-order valence-corrected chi connectivity index (χ3v) is 6.74. The predicted molar refractivity (Wildman–Crippen MR) is 137 cm³/mol. The van der Waals surface area contributed by atoms with Gasteiger partial charge in [0.15, 0.2) is 5.16 Å². The van der Waals surface area contributed by atoms with E-state index in [-0.39, 0.29) is 5.91 Å². The molecule has 0 N–H and O–H groups in total. The number of ether oxygens (including phenoxy) is 1. The number of nitrogens with zero attached hydrogens (tertiary/aromatic N) is 6. The zero-order valence-electron chi connectivity index (χ0n) is 20.3. The normalized spacial score (nSPS) is 13.7. The van der Waals surface area contributed by atoms with Gasteiger partial charge in [0, 0.05) is 46.5 Å². The van der Waals surface area contributed by atoms with Crippen LogP contribution in [0.4, 0.5) is 11.6 Å². The Kier molecular flexibility index (Phi) is 7.74. The van der Waals surface area contributed by atoms with Gasteiger partial charge in [-0.1, -0.05) is 41.6 Å². The number of thioether (sulfide) groups is 1. The first kappa shape index (κ1) is 24.1. The van der Waals surface area contributed by atoms with Crippen molar-refractivity contribution < 1.29 is 9.53 Å². The van der Waals surface area contributed by atoms with E-state index in [1.54, 1.807) is 4.90 Å². The number of morpholine rings is 1. The lowest BCUT2D eigenvalue weighted by Crippen LogP contribution is -2.37. The van der Waals surface area contributed by atoms with E-state index in [2.05, 4.69) is 75.5 Å². The predicted octanol–water partition coefficient (Wildman–Crippen LogP) is 3.23. The molecule has 1 saturated heterocycles. The van der Waals surface area contributed by atoms with Gasteiger partial charge in [0.05, 0.1) is 24.7 Å². The number of carbonyl (C=O) groups is 1. The van der Waals surface area contributed by atoms with Gasteiger partial charge >= 0.3 is 0 Å². The van der Waals surface area contributed by atoms with Crippen LogP contribution in [0, 0.1) is 6.92 Å². The number of aryl methyl sites for hydroxylation is 1. The summed E-state index contributed by atoms with van der Waals surface area (Å²) < 4.78 is 7.55. The third kappa shape index (κ3) is 5.71. The SMILES string of the molecule is Cc1ccc(-n2c(SCC(=O)N(C)Cc3ccc(N(C)C)cc3)nnc2N2CCOCC2)cc1. The Balaban J connectivity index is 1.46. The summed E-state index contributed by atoms with van der Waals surface area (Å²) >= 11 is 1.42. The number of carbonyl (C=O) groups excluding carboxylic acids is 1. The zero-order valence-corrected chi connectivity index (χ0v) is 21.1. The Morgan fingerprint density at radius 3 is 2.32 bits per heavy atom. The van der Waals surface area contributed by atoms with Gasteiger partial charge in [0.25, 0.3) is 0 Å². The molecule has 0 radical (unpaired) electrons. The van der Waals surface area contributed by atoms with Crippen LogP contribution in [0.25, 0.3) is 5.69 Å².